The second kappa shape index (κ2) is 6.85. The largest absolute Gasteiger partial charge is 0.348 e. The van der Waals surface area contributed by atoms with Gasteiger partial charge in [-0.25, -0.2) is 4.39 Å². The van der Waals surface area contributed by atoms with Crippen LogP contribution < -0.4 is 10.9 Å². The lowest BCUT2D eigenvalue weighted by Gasteiger charge is -2.06. The van der Waals surface area contributed by atoms with Crippen LogP contribution in [-0.2, 0) is 11.3 Å². The van der Waals surface area contributed by atoms with Crippen LogP contribution in [0.4, 0.5) is 4.39 Å². The smallest absolute Gasteiger partial charge is 0.274 e. The monoisotopic (exact) mass is 384 g/mol. The van der Waals surface area contributed by atoms with Crippen molar-refractivity contribution in [3.05, 3.63) is 69.7 Å². The van der Waals surface area contributed by atoms with E-state index in [9.17, 15) is 14.0 Å². The Morgan fingerprint density at radius 2 is 1.96 bits per heavy atom. The Bertz CT molecular complexity index is 1230. The number of aromatic amines is 1. The summed E-state index contributed by atoms with van der Waals surface area (Å²) in [7, 11) is 0. The third-order valence-corrected chi connectivity index (χ3v) is 4.53. The Morgan fingerprint density at radius 1 is 1.19 bits per heavy atom. The van der Waals surface area contributed by atoms with E-state index in [1.807, 2.05) is 42.5 Å². The number of alkyl halides is 1. The zero-order valence-corrected chi connectivity index (χ0v) is 14.8. The summed E-state index contributed by atoms with van der Waals surface area (Å²) in [4.78, 5) is 26.6. The van der Waals surface area contributed by atoms with Crippen molar-refractivity contribution in [1.82, 2.24) is 19.9 Å². The number of hydrogen-bond donors (Lipinski definition) is 2. The minimum atomic E-state index is -1.12. The Hall–Kier alpha value is -3.19. The van der Waals surface area contributed by atoms with Crippen LogP contribution in [0.2, 0.25) is 5.15 Å². The van der Waals surface area contributed by atoms with Crippen molar-refractivity contribution in [1.29, 1.82) is 0 Å². The molecule has 0 saturated carbocycles. The number of H-pyrrole nitrogens is 1. The predicted molar refractivity (Wildman–Crippen MR) is 102 cm³/mol. The summed E-state index contributed by atoms with van der Waals surface area (Å²) < 4.78 is 13.5. The predicted octanol–water partition coefficient (Wildman–Crippen LogP) is 3.08. The second-order valence-electron chi connectivity index (χ2n) is 6.03. The van der Waals surface area contributed by atoms with Gasteiger partial charge in [-0.3, -0.25) is 9.59 Å². The van der Waals surface area contributed by atoms with Crippen LogP contribution in [0.5, 0.6) is 0 Å². The molecule has 2 aromatic heterocycles. The summed E-state index contributed by atoms with van der Waals surface area (Å²) in [6.07, 6.45) is 0. The molecule has 2 aromatic carbocycles. The third-order valence-electron chi connectivity index (χ3n) is 4.26. The van der Waals surface area contributed by atoms with Gasteiger partial charge < -0.3 is 10.3 Å². The average molecular weight is 385 g/mol. The molecule has 0 saturated heterocycles. The van der Waals surface area contributed by atoms with E-state index in [1.54, 1.807) is 0 Å². The molecule has 0 unspecified atom stereocenters. The van der Waals surface area contributed by atoms with E-state index in [1.165, 1.54) is 10.6 Å². The Kier molecular flexibility index (Phi) is 4.37. The summed E-state index contributed by atoms with van der Waals surface area (Å²) in [5, 5.41) is 8.79. The van der Waals surface area contributed by atoms with Gasteiger partial charge in [-0.15, -0.1) is 0 Å². The minimum absolute atomic E-state index is 0.00550. The minimum Gasteiger partial charge on any atom is -0.348 e. The van der Waals surface area contributed by atoms with E-state index in [4.69, 9.17) is 11.6 Å². The fourth-order valence-electron chi connectivity index (χ4n) is 3.00. The Balaban J connectivity index is 1.86. The molecule has 0 aliphatic rings. The van der Waals surface area contributed by atoms with Crippen LogP contribution in [0, 0.1) is 0 Å². The van der Waals surface area contributed by atoms with Gasteiger partial charge in [0.05, 0.1) is 12.1 Å². The lowest BCUT2D eigenvalue weighted by atomic mass is 10.0. The number of fused-ring (bicyclic) bond motifs is 2. The Labute approximate surface area is 157 Å². The molecule has 1 amide bonds. The molecule has 0 bridgehead atoms. The second-order valence-corrected chi connectivity index (χ2v) is 6.39. The average Bonchev–Trinajstić information content (AvgIpc) is 3.02. The van der Waals surface area contributed by atoms with Crippen molar-refractivity contribution in [3.63, 3.8) is 0 Å². The third kappa shape index (κ3) is 3.17. The van der Waals surface area contributed by atoms with Crippen molar-refractivity contribution >= 4 is 33.9 Å². The molecule has 2 heterocycles. The number of halogens is 2. The molecule has 0 spiro atoms. The number of rotatable bonds is 4. The molecule has 0 fully saturated rings. The van der Waals surface area contributed by atoms with Crippen molar-refractivity contribution in [2.45, 2.75) is 6.54 Å². The summed E-state index contributed by atoms with van der Waals surface area (Å²) in [6, 6.07) is 15.0. The maximum absolute atomic E-state index is 12.4. The Morgan fingerprint density at radius 3 is 2.74 bits per heavy atom. The van der Waals surface area contributed by atoms with Crippen molar-refractivity contribution in [2.24, 2.45) is 0 Å². The normalized spacial score (nSPS) is 11.2. The van der Waals surface area contributed by atoms with Gasteiger partial charge in [0.25, 0.3) is 11.5 Å². The first-order valence-corrected chi connectivity index (χ1v) is 8.57. The first-order chi connectivity index (χ1) is 13.1. The van der Waals surface area contributed by atoms with E-state index in [2.05, 4.69) is 15.4 Å². The topological polar surface area (TPSA) is 79.3 Å². The van der Waals surface area contributed by atoms with Crippen LogP contribution >= 0.6 is 11.6 Å². The highest BCUT2D eigenvalue weighted by molar-refractivity contribution is 6.33. The van der Waals surface area contributed by atoms with Crippen LogP contribution in [-0.4, -0.2) is 27.2 Å². The van der Waals surface area contributed by atoms with Gasteiger partial charge in [0, 0.05) is 11.8 Å². The van der Waals surface area contributed by atoms with Crippen LogP contribution in [0.1, 0.15) is 5.69 Å². The fraction of sp³-hybridized carbons (Fsp3) is 0.105. The number of aromatic nitrogens is 3. The zero-order chi connectivity index (χ0) is 19.0. The van der Waals surface area contributed by atoms with Crippen molar-refractivity contribution in [3.8, 4) is 11.1 Å². The molecule has 0 radical (unpaired) electrons. The first kappa shape index (κ1) is 17.2. The lowest BCUT2D eigenvalue weighted by molar-refractivity contribution is -0.122. The number of carbonyl (C=O) groups excluding carboxylic acids is 1. The van der Waals surface area contributed by atoms with Gasteiger partial charge in [0.2, 0.25) is 0 Å². The lowest BCUT2D eigenvalue weighted by Crippen LogP contribution is -2.26. The number of hydrogen-bond acceptors (Lipinski definition) is 3. The maximum Gasteiger partial charge on any atom is 0.274 e. The maximum atomic E-state index is 12.4. The van der Waals surface area contributed by atoms with E-state index in [0.29, 0.717) is 16.9 Å². The van der Waals surface area contributed by atoms with Gasteiger partial charge in [0.1, 0.15) is 5.65 Å². The molecule has 136 valence electrons. The van der Waals surface area contributed by atoms with Gasteiger partial charge in [-0.1, -0.05) is 48.0 Å². The van der Waals surface area contributed by atoms with Crippen LogP contribution in [0.15, 0.2) is 53.3 Å². The fourth-order valence-corrected chi connectivity index (χ4v) is 3.28. The molecule has 0 atom stereocenters. The van der Waals surface area contributed by atoms with Gasteiger partial charge >= 0.3 is 0 Å². The molecule has 0 aliphatic carbocycles. The SMILES string of the molecule is O=C(CF)NCc1cc(=O)n2nc(Cl)c(-c3ccc4ccccc4c3)c2[nH]1. The summed E-state index contributed by atoms with van der Waals surface area (Å²) in [5.41, 5.74) is 1.81. The molecule has 4 rings (SSSR count). The number of nitrogens with zero attached hydrogens (tertiary/aromatic N) is 2. The molecule has 4 aromatic rings. The van der Waals surface area contributed by atoms with E-state index >= 15 is 0 Å². The highest BCUT2D eigenvalue weighted by Gasteiger charge is 2.17. The highest BCUT2D eigenvalue weighted by Crippen LogP contribution is 2.32. The molecular formula is C19H14ClFN4O2. The van der Waals surface area contributed by atoms with E-state index in [-0.39, 0.29) is 11.7 Å². The number of amides is 1. The molecule has 2 N–H and O–H groups in total. The highest BCUT2D eigenvalue weighted by atomic mass is 35.5. The van der Waals surface area contributed by atoms with Crippen LogP contribution in [0.3, 0.4) is 0 Å². The molecule has 6 nitrogen and oxygen atoms in total. The van der Waals surface area contributed by atoms with E-state index in [0.717, 1.165) is 16.3 Å². The number of benzene rings is 2. The standard InChI is InChI=1S/C19H14ClFN4O2/c20-18-17(13-6-5-11-3-1-2-4-12(11)7-13)19-23-14(10-22-15(26)9-21)8-16(27)25(19)24-18/h1-8,23H,9-10H2,(H,22,26). The first-order valence-electron chi connectivity index (χ1n) is 8.19. The van der Waals surface area contributed by atoms with Crippen LogP contribution in [0.25, 0.3) is 27.5 Å². The van der Waals surface area contributed by atoms with Gasteiger partial charge in [0.15, 0.2) is 11.8 Å². The van der Waals surface area contributed by atoms with Gasteiger partial charge in [-0.05, 0) is 22.4 Å². The molecule has 8 heteroatoms. The van der Waals surface area contributed by atoms with Gasteiger partial charge in [-0.2, -0.15) is 9.61 Å². The van der Waals surface area contributed by atoms with Crippen molar-refractivity contribution in [2.75, 3.05) is 6.67 Å². The summed E-state index contributed by atoms with van der Waals surface area (Å²) >= 11 is 6.32. The molecule has 27 heavy (non-hydrogen) atoms. The quantitative estimate of drug-likeness (QED) is 0.567. The van der Waals surface area contributed by atoms with E-state index < -0.39 is 18.1 Å². The summed E-state index contributed by atoms with van der Waals surface area (Å²) in [6.45, 7) is -1.12. The molecule has 0 aliphatic heterocycles. The zero-order valence-electron chi connectivity index (χ0n) is 14.0. The number of carbonyl (C=O) groups is 1. The number of nitrogens with one attached hydrogen (secondary N) is 2. The van der Waals surface area contributed by atoms with Crippen molar-refractivity contribution < 1.29 is 9.18 Å². The molecular weight excluding hydrogens is 371 g/mol. The summed E-state index contributed by atoms with van der Waals surface area (Å²) in [5.74, 6) is -0.753.